The van der Waals surface area contributed by atoms with Crippen molar-refractivity contribution in [1.29, 1.82) is 0 Å². The molecule has 1 heterocycles. The van der Waals surface area contributed by atoms with Crippen molar-refractivity contribution in [2.24, 2.45) is 0 Å². The van der Waals surface area contributed by atoms with Crippen molar-refractivity contribution >= 4 is 35.6 Å². The number of carbonyl (C=O) groups excluding carboxylic acids is 6. The summed E-state index contributed by atoms with van der Waals surface area (Å²) in [4.78, 5) is 144. The fraction of sp³-hybridized carbons (Fsp3) is 0.643. The molecule has 21 nitrogen and oxygen atoms in total. The van der Waals surface area contributed by atoms with Gasteiger partial charge in [-0.2, -0.15) is 0 Å². The first-order valence-corrected chi connectivity index (χ1v) is 21.4. The van der Waals surface area contributed by atoms with Crippen molar-refractivity contribution in [3.8, 4) is 0 Å². The van der Waals surface area contributed by atoms with E-state index in [2.05, 4.69) is 19.7 Å². The summed E-state index contributed by atoms with van der Waals surface area (Å²) in [5.41, 5.74) is -1.99. The van der Waals surface area contributed by atoms with Crippen LogP contribution in [0.1, 0.15) is 138 Å². The molecule has 0 aliphatic carbocycles. The summed E-state index contributed by atoms with van der Waals surface area (Å²) in [5.74, 6) is -4.12. The van der Waals surface area contributed by atoms with Gasteiger partial charge in [0.25, 0.3) is 17.7 Å². The summed E-state index contributed by atoms with van der Waals surface area (Å²) in [6.45, 7) is 19.9. The Kier molecular flexibility index (Phi) is 26.7. The first kappa shape index (κ1) is 55.3. The summed E-state index contributed by atoms with van der Waals surface area (Å²) in [5, 5.41) is 1.63. The second-order valence-electron chi connectivity index (χ2n) is 14.5. The Bertz CT molecular complexity index is 1670. The van der Waals surface area contributed by atoms with Crippen LogP contribution in [-0.2, 0) is 77.4 Å². The molecule has 0 aliphatic rings. The third-order valence-electron chi connectivity index (χ3n) is 8.85. The standard InChI is InChI=1S/C42H66N6O15/c1-10-58-46(61-37(52)31(4)5)34(49)25-19-13-16-22-28-43-40(55)44(29-23-17-14-20-26-35(50)47(59-11-2)62-38(53)32(6)7)42(57)45(41(43)56)30-24-18-15-21-27-36(51)48(60-12-3)63-39(54)33(8)9/h4,6,8,10-30H2,1-3,5,7,9H3. The van der Waals surface area contributed by atoms with Gasteiger partial charge in [-0.15, -0.1) is 0 Å². The lowest BCUT2D eigenvalue weighted by atomic mass is 10.1. The van der Waals surface area contributed by atoms with Crippen LogP contribution < -0.4 is 17.1 Å². The number of carbonyl (C=O) groups is 6. The number of amides is 3. The molecule has 1 aromatic heterocycles. The van der Waals surface area contributed by atoms with E-state index in [1.165, 1.54) is 20.8 Å². The van der Waals surface area contributed by atoms with Crippen LogP contribution in [0.3, 0.4) is 0 Å². The third kappa shape index (κ3) is 20.4. The molecule has 0 bridgehead atoms. The van der Waals surface area contributed by atoms with E-state index >= 15 is 0 Å². The summed E-state index contributed by atoms with van der Waals surface area (Å²) in [6.07, 6.45) is 5.51. The Morgan fingerprint density at radius 3 is 0.841 bits per heavy atom. The van der Waals surface area contributed by atoms with Crippen LogP contribution in [0.25, 0.3) is 0 Å². The number of hydrogen-bond acceptors (Lipinski definition) is 15. The Labute approximate surface area is 367 Å². The maximum atomic E-state index is 13.6. The maximum Gasteiger partial charge on any atom is 0.361 e. The number of hydroxylamine groups is 6. The predicted octanol–water partition coefficient (Wildman–Crippen LogP) is 4.47. The van der Waals surface area contributed by atoms with Crippen molar-refractivity contribution in [3.63, 3.8) is 0 Å². The second kappa shape index (κ2) is 30.4. The fourth-order valence-corrected chi connectivity index (χ4v) is 5.49. The highest BCUT2D eigenvalue weighted by Crippen LogP contribution is 2.12. The fourth-order valence-electron chi connectivity index (χ4n) is 5.49. The van der Waals surface area contributed by atoms with Gasteiger partial charge in [-0.1, -0.05) is 58.3 Å². The summed E-state index contributed by atoms with van der Waals surface area (Å²) in [7, 11) is 0. The normalized spacial score (nSPS) is 10.8. The van der Waals surface area contributed by atoms with Crippen LogP contribution in [0, 0.1) is 0 Å². The van der Waals surface area contributed by atoms with Gasteiger partial charge in [-0.3, -0.25) is 14.4 Å². The predicted molar refractivity (Wildman–Crippen MR) is 227 cm³/mol. The number of nitrogens with zero attached hydrogens (tertiary/aromatic N) is 6. The van der Waals surface area contributed by atoms with E-state index in [1.54, 1.807) is 20.8 Å². The van der Waals surface area contributed by atoms with Crippen LogP contribution in [0.2, 0.25) is 0 Å². The molecule has 0 unspecified atom stereocenters. The molecule has 354 valence electrons. The highest BCUT2D eigenvalue weighted by molar-refractivity contribution is 5.89. The molecule has 1 aromatic rings. The molecule has 0 aromatic carbocycles. The van der Waals surface area contributed by atoms with Gasteiger partial charge in [0.2, 0.25) is 0 Å². The average Bonchev–Trinajstić information content (AvgIpc) is 3.23. The largest absolute Gasteiger partial charge is 0.361 e. The molecular weight excluding hydrogens is 828 g/mol. The zero-order chi connectivity index (χ0) is 47.5. The number of hydrogen-bond donors (Lipinski definition) is 0. The van der Waals surface area contributed by atoms with Gasteiger partial charge < -0.3 is 14.5 Å². The molecular formula is C42H66N6O15. The topological polar surface area (TPSA) is 234 Å². The first-order chi connectivity index (χ1) is 29.9. The average molecular weight is 895 g/mol. The molecule has 0 aliphatic heterocycles. The molecule has 3 amide bonds. The van der Waals surface area contributed by atoms with Gasteiger partial charge in [0.1, 0.15) is 0 Å². The van der Waals surface area contributed by atoms with Gasteiger partial charge in [0, 0.05) is 55.6 Å². The van der Waals surface area contributed by atoms with Crippen LogP contribution in [0.15, 0.2) is 50.8 Å². The van der Waals surface area contributed by atoms with Crippen molar-refractivity contribution in [3.05, 3.63) is 67.9 Å². The van der Waals surface area contributed by atoms with E-state index in [4.69, 9.17) is 29.0 Å². The molecule has 0 spiro atoms. The minimum atomic E-state index is -0.808. The van der Waals surface area contributed by atoms with Crippen molar-refractivity contribution in [1.82, 2.24) is 29.4 Å². The highest BCUT2D eigenvalue weighted by atomic mass is 17.0. The molecule has 1 rings (SSSR count). The highest BCUT2D eigenvalue weighted by Gasteiger charge is 2.23. The smallest absolute Gasteiger partial charge is 0.307 e. The number of rotatable bonds is 30. The van der Waals surface area contributed by atoms with E-state index in [0.717, 1.165) is 13.7 Å². The lowest BCUT2D eigenvalue weighted by molar-refractivity contribution is -0.319. The first-order valence-electron chi connectivity index (χ1n) is 21.4. The molecule has 0 saturated heterocycles. The van der Waals surface area contributed by atoms with E-state index < -0.39 is 52.7 Å². The van der Waals surface area contributed by atoms with E-state index in [-0.39, 0.29) is 75.4 Å². The maximum absolute atomic E-state index is 13.6. The zero-order valence-corrected chi connectivity index (χ0v) is 37.8. The Morgan fingerprint density at radius 1 is 0.413 bits per heavy atom. The SMILES string of the molecule is C=C(C)C(=O)ON(OCC)C(=O)CCCCCCn1c(=O)n(CCCCCCC(=O)N(OCC)OC(=O)C(=C)C)c(=O)n(CCCCCCC(=O)N(OCC)OC(=O)C(=C)C)c1=O. The lowest BCUT2D eigenvalue weighted by Gasteiger charge is -2.19. The number of aromatic nitrogens is 3. The van der Waals surface area contributed by atoms with Gasteiger partial charge in [0.15, 0.2) is 0 Å². The summed E-state index contributed by atoms with van der Waals surface area (Å²) in [6, 6.07) is 0. The van der Waals surface area contributed by atoms with Gasteiger partial charge in [-0.25, -0.2) is 57.0 Å². The van der Waals surface area contributed by atoms with E-state index in [0.29, 0.717) is 92.7 Å². The lowest BCUT2D eigenvalue weighted by Crippen LogP contribution is -2.54. The van der Waals surface area contributed by atoms with Crippen LogP contribution >= 0.6 is 0 Å². The molecule has 21 heteroatoms. The molecule has 63 heavy (non-hydrogen) atoms. The minimum absolute atomic E-state index is 0.00386. The van der Waals surface area contributed by atoms with Crippen molar-refractivity contribution in [2.75, 3.05) is 19.8 Å². The van der Waals surface area contributed by atoms with Gasteiger partial charge in [0.05, 0.1) is 19.8 Å². The summed E-state index contributed by atoms with van der Waals surface area (Å²) < 4.78 is 3.09. The third-order valence-corrected chi connectivity index (χ3v) is 8.85. The molecule has 0 fully saturated rings. The van der Waals surface area contributed by atoms with Gasteiger partial charge >= 0.3 is 35.0 Å². The molecule has 0 atom stereocenters. The Hall–Kier alpha value is -5.67. The Morgan fingerprint density at radius 2 is 0.635 bits per heavy atom. The van der Waals surface area contributed by atoms with Crippen LogP contribution in [0.5, 0.6) is 0 Å². The van der Waals surface area contributed by atoms with E-state index in [9.17, 15) is 43.2 Å². The van der Waals surface area contributed by atoms with E-state index in [1.807, 2.05) is 0 Å². The molecule has 0 radical (unpaired) electrons. The Balaban J connectivity index is 3.01. The quantitative estimate of drug-likeness (QED) is 0.0589. The van der Waals surface area contributed by atoms with Crippen LogP contribution in [-0.4, -0.2) is 84.8 Å². The van der Waals surface area contributed by atoms with Gasteiger partial charge in [-0.05, 0) is 95.7 Å². The second-order valence-corrected chi connectivity index (χ2v) is 14.5. The zero-order valence-electron chi connectivity index (χ0n) is 37.8. The van der Waals surface area contributed by atoms with Crippen LogP contribution in [0.4, 0.5) is 0 Å². The van der Waals surface area contributed by atoms with Crippen molar-refractivity contribution in [2.45, 2.75) is 157 Å². The monoisotopic (exact) mass is 894 g/mol. The molecule has 0 saturated carbocycles. The number of unbranched alkanes of at least 4 members (excludes halogenated alkanes) is 9. The minimum Gasteiger partial charge on any atom is -0.307 e. The van der Waals surface area contributed by atoms with Crippen molar-refractivity contribution < 1.29 is 57.8 Å². The summed E-state index contributed by atoms with van der Waals surface area (Å²) >= 11 is 0. The molecule has 0 N–H and O–H groups in total.